The molecule has 1 N–H and O–H groups in total. The second-order valence-corrected chi connectivity index (χ2v) is 2.12. The average molecular weight is 162 g/mol. The zero-order valence-electron chi connectivity index (χ0n) is 2.97. The summed E-state index contributed by atoms with van der Waals surface area (Å²) < 4.78 is 19.7. The molecule has 0 saturated carbocycles. The number of hydrogen-bond acceptors (Lipinski definition) is 1. The Morgan fingerprint density at radius 1 is 1.71 bits per heavy atom. The van der Waals surface area contributed by atoms with Crippen molar-refractivity contribution in [1.29, 1.82) is 0 Å². The minimum absolute atomic E-state index is 0.444. The summed E-state index contributed by atoms with van der Waals surface area (Å²) in [6, 6.07) is 0. The average Bonchev–Trinajstić information content (AvgIpc) is 1.27. The van der Waals surface area contributed by atoms with E-state index in [1.54, 1.807) is 0 Å². The maximum Gasteiger partial charge on any atom is 0.284 e. The predicted octanol–water partition coefficient (Wildman–Crippen LogP) is 0.957. The number of hydrogen-bond donors (Lipinski definition) is 1. The van der Waals surface area contributed by atoms with E-state index in [1.165, 1.54) is 0 Å². The largest absolute Gasteiger partial charge is 0.288 e. The third kappa shape index (κ3) is 6.36. The Morgan fingerprint density at radius 3 is 2.14 bits per heavy atom. The highest BCUT2D eigenvalue weighted by atomic mass is 35.5. The van der Waals surface area contributed by atoms with Crippen molar-refractivity contribution < 1.29 is 8.76 Å². The van der Waals surface area contributed by atoms with Gasteiger partial charge >= 0.3 is 0 Å². The van der Waals surface area contributed by atoms with Crippen molar-refractivity contribution in [2.45, 2.75) is 0 Å². The van der Waals surface area contributed by atoms with Crippen LogP contribution >= 0.6 is 23.2 Å². The Balaban J connectivity index is 3.68. The van der Waals surface area contributed by atoms with E-state index in [1.807, 2.05) is 0 Å². The van der Waals surface area contributed by atoms with E-state index in [0.29, 0.717) is 0 Å². The van der Waals surface area contributed by atoms with Gasteiger partial charge in [0.05, 0.1) is 0 Å². The lowest BCUT2D eigenvalue weighted by atomic mass is 11.7. The zero-order chi connectivity index (χ0) is 5.86. The third-order valence-electron chi connectivity index (χ3n) is 0.147. The van der Waals surface area contributed by atoms with Crippen LogP contribution in [0.5, 0.6) is 0 Å². The summed E-state index contributed by atoms with van der Waals surface area (Å²) in [6.45, 7) is 0. The fourth-order valence-corrected chi connectivity index (χ4v) is 0.531. The van der Waals surface area contributed by atoms with Crippen LogP contribution < -0.4 is 0 Å². The first-order valence-corrected chi connectivity index (χ1v) is 2.95. The second kappa shape index (κ2) is 3.37. The summed E-state index contributed by atoms with van der Waals surface area (Å²) >= 11 is 7.40. The molecule has 42 valence electrons. The molecule has 7 heavy (non-hydrogen) atoms. The van der Waals surface area contributed by atoms with Crippen LogP contribution in [-0.2, 0) is 11.3 Å². The molecule has 0 heterocycles. The van der Waals surface area contributed by atoms with Gasteiger partial charge in [-0.15, -0.1) is 4.40 Å². The van der Waals surface area contributed by atoms with E-state index in [4.69, 9.17) is 27.8 Å². The van der Waals surface area contributed by atoms with E-state index >= 15 is 0 Å². The SMILES string of the molecule is O=S(O)N=C(Cl)Cl. The van der Waals surface area contributed by atoms with Crippen molar-refractivity contribution in [3.63, 3.8) is 0 Å². The number of halogens is 2. The molecule has 0 fully saturated rings. The topological polar surface area (TPSA) is 49.7 Å². The zero-order valence-corrected chi connectivity index (χ0v) is 5.30. The molecule has 0 radical (unpaired) electrons. The van der Waals surface area contributed by atoms with Crippen molar-refractivity contribution >= 4 is 39.1 Å². The van der Waals surface area contributed by atoms with E-state index in [0.717, 1.165) is 0 Å². The van der Waals surface area contributed by atoms with Crippen molar-refractivity contribution in [2.75, 3.05) is 0 Å². The monoisotopic (exact) mass is 161 g/mol. The molecular weight excluding hydrogens is 161 g/mol. The summed E-state index contributed by atoms with van der Waals surface area (Å²) in [5, 5.41) is 0. The molecule has 0 aromatic heterocycles. The van der Waals surface area contributed by atoms with Gasteiger partial charge in [-0.25, -0.2) is 4.21 Å². The molecule has 6 heteroatoms. The van der Waals surface area contributed by atoms with Gasteiger partial charge in [-0.3, -0.25) is 4.55 Å². The highest BCUT2D eigenvalue weighted by molar-refractivity contribution is 7.78. The van der Waals surface area contributed by atoms with E-state index in [9.17, 15) is 4.21 Å². The second-order valence-electron chi connectivity index (χ2n) is 0.562. The molecule has 0 saturated heterocycles. The molecule has 0 amide bonds. The first kappa shape index (κ1) is 7.36. The maximum absolute atomic E-state index is 9.56. The van der Waals surface area contributed by atoms with Crippen LogP contribution in [0, 0.1) is 0 Å². The highest BCUT2D eigenvalue weighted by Gasteiger charge is 1.86. The maximum atomic E-state index is 9.56. The van der Waals surface area contributed by atoms with Crippen molar-refractivity contribution in [2.24, 2.45) is 4.40 Å². The first-order chi connectivity index (χ1) is 3.13. The highest BCUT2D eigenvalue weighted by Crippen LogP contribution is 1.91. The smallest absolute Gasteiger partial charge is 0.284 e. The summed E-state index contributed by atoms with van der Waals surface area (Å²) in [5.74, 6) is 0. The van der Waals surface area contributed by atoms with Gasteiger partial charge in [0.15, 0.2) is 0 Å². The molecule has 0 spiro atoms. The predicted molar refractivity (Wildman–Crippen MR) is 29.9 cm³/mol. The van der Waals surface area contributed by atoms with Gasteiger partial charge in [0.2, 0.25) is 4.63 Å². The quantitative estimate of drug-likeness (QED) is 0.461. The lowest BCUT2D eigenvalue weighted by Crippen LogP contribution is -1.79. The van der Waals surface area contributed by atoms with Crippen molar-refractivity contribution in [3.05, 3.63) is 0 Å². The van der Waals surface area contributed by atoms with E-state index in [-0.39, 0.29) is 0 Å². The Labute approximate surface area is 52.8 Å². The molecular formula is CHCl2NO2S. The van der Waals surface area contributed by atoms with Gasteiger partial charge in [0, 0.05) is 0 Å². The van der Waals surface area contributed by atoms with Gasteiger partial charge in [-0.1, -0.05) is 0 Å². The first-order valence-electron chi connectivity index (χ1n) is 1.13. The summed E-state index contributed by atoms with van der Waals surface area (Å²) in [5.41, 5.74) is 0. The van der Waals surface area contributed by atoms with Crippen LogP contribution in [-0.4, -0.2) is 13.4 Å². The minimum atomic E-state index is -2.27. The molecule has 0 rings (SSSR count). The number of rotatable bonds is 1. The van der Waals surface area contributed by atoms with Gasteiger partial charge in [-0.2, -0.15) is 0 Å². The fourth-order valence-electron chi connectivity index (χ4n) is 0.0590. The summed E-state index contributed by atoms with van der Waals surface area (Å²) in [7, 11) is 0. The Morgan fingerprint density at radius 2 is 2.14 bits per heavy atom. The molecule has 0 aliphatic heterocycles. The molecule has 0 bridgehead atoms. The fraction of sp³-hybridized carbons (Fsp3) is 0. The molecule has 1 atom stereocenters. The normalized spacial score (nSPS) is 13.0. The lowest BCUT2D eigenvalue weighted by Gasteiger charge is -1.75. The van der Waals surface area contributed by atoms with Crippen LogP contribution in [0.25, 0.3) is 0 Å². The van der Waals surface area contributed by atoms with Crippen LogP contribution in [0.4, 0.5) is 0 Å². The van der Waals surface area contributed by atoms with Crippen LogP contribution in [0.2, 0.25) is 0 Å². The van der Waals surface area contributed by atoms with Gasteiger partial charge < -0.3 is 0 Å². The standard InChI is InChI=1S/CHCl2NO2S/c2-1(3)4-7(5)6/h(H,5,6). The van der Waals surface area contributed by atoms with Crippen LogP contribution in [0.3, 0.4) is 0 Å². The molecule has 0 aliphatic carbocycles. The van der Waals surface area contributed by atoms with Gasteiger partial charge in [0.25, 0.3) is 11.3 Å². The van der Waals surface area contributed by atoms with Crippen molar-refractivity contribution in [3.8, 4) is 0 Å². The third-order valence-corrected chi connectivity index (χ3v) is 0.855. The van der Waals surface area contributed by atoms with Gasteiger partial charge in [-0.05, 0) is 23.2 Å². The molecule has 0 aliphatic rings. The van der Waals surface area contributed by atoms with E-state index < -0.39 is 15.9 Å². The Hall–Kier alpha value is 0.360. The molecule has 0 aromatic rings. The minimum Gasteiger partial charge on any atom is -0.288 e. The molecule has 1 unspecified atom stereocenters. The Kier molecular flexibility index (Phi) is 3.55. The molecule has 0 aromatic carbocycles. The van der Waals surface area contributed by atoms with Crippen LogP contribution in [0.1, 0.15) is 0 Å². The Bertz CT molecular complexity index is 108. The number of nitrogens with zero attached hydrogens (tertiary/aromatic N) is 1. The van der Waals surface area contributed by atoms with Gasteiger partial charge in [0.1, 0.15) is 0 Å². The summed E-state index contributed by atoms with van der Waals surface area (Å²) in [6.07, 6.45) is 0. The lowest BCUT2D eigenvalue weighted by molar-refractivity contribution is 0.566. The van der Waals surface area contributed by atoms with E-state index in [2.05, 4.69) is 4.40 Å². The van der Waals surface area contributed by atoms with Crippen LogP contribution in [0.15, 0.2) is 4.40 Å². The summed E-state index contributed by atoms with van der Waals surface area (Å²) in [4.78, 5) is 0. The van der Waals surface area contributed by atoms with Crippen molar-refractivity contribution in [1.82, 2.24) is 0 Å². The molecule has 3 nitrogen and oxygen atoms in total.